The molecule has 0 aromatic heterocycles. The summed E-state index contributed by atoms with van der Waals surface area (Å²) in [5.41, 5.74) is 2.39. The van der Waals surface area contributed by atoms with Gasteiger partial charge < -0.3 is 0 Å². The van der Waals surface area contributed by atoms with Crippen molar-refractivity contribution in [1.29, 1.82) is 0 Å². The van der Waals surface area contributed by atoms with Crippen LogP contribution in [0.4, 0.5) is 11.4 Å². The summed E-state index contributed by atoms with van der Waals surface area (Å²) in [4.78, 5) is 0. The summed E-state index contributed by atoms with van der Waals surface area (Å²) >= 11 is 6.96. The van der Waals surface area contributed by atoms with Crippen LogP contribution in [-0.2, 0) is 0 Å². The van der Waals surface area contributed by atoms with Crippen molar-refractivity contribution < 1.29 is 0 Å². The Kier molecular flexibility index (Phi) is 4.71. The number of halogens is 3. The van der Waals surface area contributed by atoms with Gasteiger partial charge in [-0.25, -0.2) is 0 Å². The molecule has 0 aliphatic heterocycles. The van der Waals surface area contributed by atoms with Crippen LogP contribution in [-0.4, -0.2) is 0 Å². The molecule has 0 fully saturated rings. The van der Waals surface area contributed by atoms with Crippen molar-refractivity contribution in [3.8, 4) is 0 Å². The number of benzene rings is 2. The zero-order valence-electron chi connectivity index (χ0n) is 8.20. The maximum Gasteiger partial charge on any atom is 0.0646 e. The number of rotatable bonds is 2. The van der Waals surface area contributed by atoms with Crippen LogP contribution in [0.1, 0.15) is 0 Å². The van der Waals surface area contributed by atoms with Gasteiger partial charge in [-0.2, -0.15) is 0 Å². The van der Waals surface area contributed by atoms with E-state index in [2.05, 4.69) is 120 Å². The van der Waals surface area contributed by atoms with Crippen molar-refractivity contribution in [2.24, 2.45) is 0 Å². The largest absolute Gasteiger partial charge is 0.283 e. The average Bonchev–Trinajstić information content (AvgIpc) is 2.30. The molecule has 2 aromatic carbocycles. The Hall–Kier alpha value is 0.430. The molecule has 0 heterocycles. The molecule has 0 N–H and O–H groups in total. The predicted octanol–water partition coefficient (Wildman–Crippen LogP) is 5.38. The van der Waals surface area contributed by atoms with E-state index in [0.717, 1.165) is 0 Å². The van der Waals surface area contributed by atoms with Gasteiger partial charge in [-0.05, 0) is 93.7 Å². The van der Waals surface area contributed by atoms with Crippen molar-refractivity contribution >= 4 is 79.4 Å². The lowest BCUT2D eigenvalue weighted by Gasteiger charge is -2.16. The van der Waals surface area contributed by atoms with Crippen LogP contribution in [0.2, 0.25) is 0 Å². The van der Waals surface area contributed by atoms with E-state index in [1.54, 1.807) is 0 Å². The van der Waals surface area contributed by atoms with Crippen molar-refractivity contribution in [1.82, 2.24) is 0 Å². The first kappa shape index (κ1) is 12.9. The molecule has 0 amide bonds. The number of hydrogen-bond donors (Lipinski definition) is 0. The molecular formula is C12H8I3N. The zero-order chi connectivity index (χ0) is 11.5. The molecule has 0 saturated heterocycles. The summed E-state index contributed by atoms with van der Waals surface area (Å²) in [5.74, 6) is 0. The van der Waals surface area contributed by atoms with Crippen molar-refractivity contribution in [2.75, 3.05) is 3.11 Å². The lowest BCUT2D eigenvalue weighted by Crippen LogP contribution is -2.00. The first-order valence-corrected chi connectivity index (χ1v) is 7.76. The van der Waals surface area contributed by atoms with Gasteiger partial charge in [0.05, 0.1) is 34.2 Å². The second kappa shape index (κ2) is 5.85. The van der Waals surface area contributed by atoms with E-state index < -0.39 is 0 Å². The van der Waals surface area contributed by atoms with Crippen molar-refractivity contribution in [3.63, 3.8) is 0 Å². The fourth-order valence-corrected chi connectivity index (χ4v) is 2.66. The van der Waals surface area contributed by atoms with Gasteiger partial charge in [-0.15, -0.1) is 0 Å². The van der Waals surface area contributed by atoms with Crippen molar-refractivity contribution in [3.05, 3.63) is 55.7 Å². The van der Waals surface area contributed by atoms with Gasteiger partial charge in [0.2, 0.25) is 0 Å². The summed E-state index contributed by atoms with van der Waals surface area (Å²) < 4.78 is 4.67. The highest BCUT2D eigenvalue weighted by molar-refractivity contribution is 14.1. The Morgan fingerprint density at radius 2 is 0.938 bits per heavy atom. The highest BCUT2D eigenvalue weighted by Gasteiger charge is 2.04. The minimum atomic E-state index is 1.20. The molecular weight excluding hydrogens is 539 g/mol. The van der Waals surface area contributed by atoms with E-state index in [-0.39, 0.29) is 0 Å². The van der Waals surface area contributed by atoms with Gasteiger partial charge in [-0.3, -0.25) is 3.11 Å². The van der Waals surface area contributed by atoms with E-state index in [9.17, 15) is 0 Å². The maximum atomic E-state index is 2.33. The second-order valence-electron chi connectivity index (χ2n) is 3.23. The highest BCUT2D eigenvalue weighted by atomic mass is 127. The molecule has 0 unspecified atom stereocenters. The maximum absolute atomic E-state index is 2.33. The Bertz CT molecular complexity index is 419. The molecule has 2 rings (SSSR count). The normalized spacial score (nSPS) is 10.2. The summed E-state index contributed by atoms with van der Waals surface area (Å²) in [6, 6.07) is 17.0. The van der Waals surface area contributed by atoms with Crippen LogP contribution < -0.4 is 3.11 Å². The fraction of sp³-hybridized carbons (Fsp3) is 0. The predicted molar refractivity (Wildman–Crippen MR) is 94.5 cm³/mol. The number of nitrogens with zero attached hydrogens (tertiary/aromatic N) is 1. The minimum absolute atomic E-state index is 1.20. The smallest absolute Gasteiger partial charge is 0.0646 e. The van der Waals surface area contributed by atoms with E-state index in [4.69, 9.17) is 0 Å². The second-order valence-corrected chi connectivity index (χ2v) is 6.69. The summed E-state index contributed by atoms with van der Waals surface area (Å²) in [6.07, 6.45) is 0. The van der Waals surface area contributed by atoms with Gasteiger partial charge in [0.1, 0.15) is 0 Å². The van der Waals surface area contributed by atoms with Crippen LogP contribution in [0.15, 0.2) is 48.5 Å². The van der Waals surface area contributed by atoms with Gasteiger partial charge in [0, 0.05) is 7.14 Å². The van der Waals surface area contributed by atoms with E-state index >= 15 is 0 Å². The standard InChI is InChI=1S/C12H8I3N/c13-9-1-5-11(6-2-9)16(15)12-7-3-10(14)4-8-12/h1-8H. The van der Waals surface area contributed by atoms with Crippen LogP contribution in [0.25, 0.3) is 0 Å². The van der Waals surface area contributed by atoms with Crippen molar-refractivity contribution in [2.45, 2.75) is 0 Å². The van der Waals surface area contributed by atoms with Gasteiger partial charge in [-0.1, -0.05) is 0 Å². The minimum Gasteiger partial charge on any atom is -0.283 e. The van der Waals surface area contributed by atoms with Gasteiger partial charge >= 0.3 is 0 Å². The first-order chi connectivity index (χ1) is 7.66. The molecule has 0 saturated carbocycles. The molecule has 2 aromatic rings. The Morgan fingerprint density at radius 1 is 0.625 bits per heavy atom. The molecule has 4 heteroatoms. The van der Waals surface area contributed by atoms with Crippen LogP contribution in [0.3, 0.4) is 0 Å². The summed E-state index contributed by atoms with van der Waals surface area (Å²) in [6.45, 7) is 0. The Morgan fingerprint density at radius 3 is 1.25 bits per heavy atom. The monoisotopic (exact) mass is 547 g/mol. The SMILES string of the molecule is Ic1ccc(N(I)c2ccc(I)cc2)cc1. The number of anilines is 2. The van der Waals surface area contributed by atoms with Gasteiger partial charge in [0.15, 0.2) is 0 Å². The fourth-order valence-electron chi connectivity index (χ4n) is 1.29. The molecule has 0 spiro atoms. The molecule has 16 heavy (non-hydrogen) atoms. The molecule has 0 radical (unpaired) electrons. The first-order valence-electron chi connectivity index (χ1n) is 4.64. The summed E-state index contributed by atoms with van der Waals surface area (Å²) in [7, 11) is 0. The molecule has 0 bridgehead atoms. The Labute approximate surface area is 136 Å². The van der Waals surface area contributed by atoms with Crippen LogP contribution in [0, 0.1) is 7.14 Å². The third-order valence-electron chi connectivity index (χ3n) is 2.11. The van der Waals surface area contributed by atoms with Gasteiger partial charge in [0.25, 0.3) is 0 Å². The van der Waals surface area contributed by atoms with Crippen LogP contribution in [0.5, 0.6) is 0 Å². The zero-order valence-corrected chi connectivity index (χ0v) is 14.7. The quantitative estimate of drug-likeness (QED) is 0.361. The number of hydrogen-bond acceptors (Lipinski definition) is 1. The lowest BCUT2D eigenvalue weighted by molar-refractivity contribution is 1.45. The molecule has 0 aliphatic carbocycles. The Balaban J connectivity index is 2.28. The lowest BCUT2D eigenvalue weighted by atomic mass is 10.3. The molecule has 0 atom stereocenters. The topological polar surface area (TPSA) is 3.24 Å². The average molecular weight is 547 g/mol. The molecule has 1 nitrogen and oxygen atoms in total. The summed E-state index contributed by atoms with van der Waals surface area (Å²) in [5, 5.41) is 0. The third kappa shape index (κ3) is 3.22. The van der Waals surface area contributed by atoms with Crippen LogP contribution >= 0.6 is 68.0 Å². The molecule has 0 aliphatic rings. The van der Waals surface area contributed by atoms with E-state index in [0.29, 0.717) is 0 Å². The van der Waals surface area contributed by atoms with E-state index in [1.807, 2.05) is 0 Å². The van der Waals surface area contributed by atoms with E-state index in [1.165, 1.54) is 18.5 Å². The third-order valence-corrected chi connectivity index (χ3v) is 4.66. The molecule has 82 valence electrons. The highest BCUT2D eigenvalue weighted by Crippen LogP contribution is 2.29.